The number of thioether (sulfide) groups is 1. The number of para-hydroxylation sites is 1. The highest BCUT2D eigenvalue weighted by atomic mass is 32.2. The number of urea groups is 1. The predicted molar refractivity (Wildman–Crippen MR) is 121 cm³/mol. The van der Waals surface area contributed by atoms with Crippen molar-refractivity contribution in [3.05, 3.63) is 54.1 Å². The third-order valence-corrected chi connectivity index (χ3v) is 6.08. The number of rotatable bonds is 6. The summed E-state index contributed by atoms with van der Waals surface area (Å²) in [4.78, 5) is 53.1. The number of anilines is 1. The predicted octanol–water partition coefficient (Wildman–Crippen LogP) is 2.87. The summed E-state index contributed by atoms with van der Waals surface area (Å²) in [5.74, 6) is -0.472. The fraction of sp³-hybridized carbons (Fsp3) is 0.273. The number of ether oxygens (including phenoxy) is 1. The Morgan fingerprint density at radius 1 is 1.12 bits per heavy atom. The maximum atomic E-state index is 13.0. The van der Waals surface area contributed by atoms with Crippen molar-refractivity contribution in [3.63, 3.8) is 0 Å². The van der Waals surface area contributed by atoms with Crippen molar-refractivity contribution in [3.8, 4) is 5.75 Å². The highest BCUT2D eigenvalue weighted by molar-refractivity contribution is 8.13. The minimum atomic E-state index is -1.30. The van der Waals surface area contributed by atoms with Crippen molar-refractivity contribution in [2.45, 2.75) is 17.4 Å². The van der Waals surface area contributed by atoms with Gasteiger partial charge in [-0.1, -0.05) is 24.3 Å². The van der Waals surface area contributed by atoms with E-state index in [0.717, 1.165) is 16.7 Å². The van der Waals surface area contributed by atoms with Gasteiger partial charge in [0.15, 0.2) is 0 Å². The van der Waals surface area contributed by atoms with Crippen LogP contribution in [0.15, 0.2) is 53.4 Å². The van der Waals surface area contributed by atoms with Crippen LogP contribution in [0, 0.1) is 0 Å². The molecule has 2 N–H and O–H groups in total. The SMILES string of the molecule is COc1ccc(C2(C)NC(=O)N(CC(=O)Nc3ccccc3SC(=O)N(C)C)C2=O)cc1. The van der Waals surface area contributed by atoms with Crippen molar-refractivity contribution in [2.24, 2.45) is 0 Å². The first kappa shape index (κ1) is 23.1. The Hall–Kier alpha value is -3.53. The molecule has 2 aromatic carbocycles. The Bertz CT molecular complexity index is 1060. The molecule has 168 valence electrons. The van der Waals surface area contributed by atoms with Gasteiger partial charge in [0.05, 0.1) is 12.8 Å². The monoisotopic (exact) mass is 456 g/mol. The van der Waals surface area contributed by atoms with Crippen LogP contribution < -0.4 is 15.4 Å². The lowest BCUT2D eigenvalue weighted by Gasteiger charge is -2.22. The number of imide groups is 1. The Morgan fingerprint density at radius 3 is 2.41 bits per heavy atom. The molecule has 1 saturated heterocycles. The summed E-state index contributed by atoms with van der Waals surface area (Å²) < 4.78 is 5.13. The smallest absolute Gasteiger partial charge is 0.325 e. The number of benzene rings is 2. The topological polar surface area (TPSA) is 108 Å². The summed E-state index contributed by atoms with van der Waals surface area (Å²) in [6, 6.07) is 12.9. The molecule has 0 aliphatic carbocycles. The number of carbonyl (C=O) groups excluding carboxylic acids is 4. The molecular weight excluding hydrogens is 432 g/mol. The van der Waals surface area contributed by atoms with E-state index in [1.807, 2.05) is 0 Å². The van der Waals surface area contributed by atoms with Gasteiger partial charge in [0.2, 0.25) is 5.91 Å². The molecule has 32 heavy (non-hydrogen) atoms. The van der Waals surface area contributed by atoms with Crippen LogP contribution in [0.3, 0.4) is 0 Å². The quantitative estimate of drug-likeness (QED) is 0.511. The first-order chi connectivity index (χ1) is 15.2. The van der Waals surface area contributed by atoms with Crippen LogP contribution in [0.2, 0.25) is 0 Å². The van der Waals surface area contributed by atoms with E-state index >= 15 is 0 Å². The first-order valence-corrected chi connectivity index (χ1v) is 10.5. The van der Waals surface area contributed by atoms with E-state index in [0.29, 0.717) is 21.9 Å². The maximum Gasteiger partial charge on any atom is 0.325 e. The van der Waals surface area contributed by atoms with Crippen molar-refractivity contribution >= 4 is 40.5 Å². The molecule has 10 heteroatoms. The third-order valence-electron chi connectivity index (χ3n) is 4.97. The molecule has 1 atom stereocenters. The van der Waals surface area contributed by atoms with E-state index in [9.17, 15) is 19.2 Å². The summed E-state index contributed by atoms with van der Waals surface area (Å²) >= 11 is 0.966. The van der Waals surface area contributed by atoms with E-state index in [4.69, 9.17) is 4.74 Å². The molecule has 0 bridgehead atoms. The molecule has 2 aromatic rings. The fourth-order valence-corrected chi connectivity index (χ4v) is 3.88. The first-order valence-electron chi connectivity index (χ1n) is 9.72. The molecule has 9 nitrogen and oxygen atoms in total. The minimum Gasteiger partial charge on any atom is -0.497 e. The van der Waals surface area contributed by atoms with Crippen LogP contribution in [0.25, 0.3) is 0 Å². The molecule has 0 radical (unpaired) electrons. The zero-order chi connectivity index (χ0) is 23.5. The molecule has 5 amide bonds. The highest BCUT2D eigenvalue weighted by Crippen LogP contribution is 2.31. The van der Waals surface area contributed by atoms with Crippen LogP contribution in [0.5, 0.6) is 5.75 Å². The second-order valence-corrected chi connectivity index (χ2v) is 8.47. The summed E-state index contributed by atoms with van der Waals surface area (Å²) in [7, 11) is 4.80. The van der Waals surface area contributed by atoms with Crippen molar-refractivity contribution in [1.82, 2.24) is 15.1 Å². The Kier molecular flexibility index (Phi) is 6.73. The minimum absolute atomic E-state index is 0.198. The molecule has 1 fully saturated rings. The molecule has 0 saturated carbocycles. The lowest BCUT2D eigenvalue weighted by Crippen LogP contribution is -2.42. The Balaban J connectivity index is 1.72. The van der Waals surface area contributed by atoms with Crippen molar-refractivity contribution < 1.29 is 23.9 Å². The van der Waals surface area contributed by atoms with Crippen LogP contribution in [-0.4, -0.2) is 60.6 Å². The molecular formula is C22H24N4O5S. The largest absolute Gasteiger partial charge is 0.497 e. The van der Waals surface area contributed by atoms with Crippen LogP contribution in [0.1, 0.15) is 12.5 Å². The van der Waals surface area contributed by atoms with Gasteiger partial charge in [-0.2, -0.15) is 0 Å². The number of hydrogen-bond donors (Lipinski definition) is 2. The molecule has 1 aliphatic heterocycles. The van der Waals surface area contributed by atoms with E-state index in [1.165, 1.54) is 12.0 Å². The molecule has 1 heterocycles. The Labute approximate surface area is 190 Å². The number of amides is 5. The molecule has 3 rings (SSSR count). The zero-order valence-electron chi connectivity index (χ0n) is 18.2. The van der Waals surface area contributed by atoms with Gasteiger partial charge in [0.25, 0.3) is 11.1 Å². The van der Waals surface area contributed by atoms with E-state index in [1.54, 1.807) is 69.6 Å². The average molecular weight is 457 g/mol. The third kappa shape index (κ3) is 4.70. The standard InChI is InChI=1S/C22H24N4O5S/c1-22(14-9-11-15(31-4)12-10-14)19(28)26(20(29)24-22)13-18(27)23-16-7-5-6-8-17(16)32-21(30)25(2)3/h5-12H,13H2,1-4H3,(H,23,27)(H,24,29). The van der Waals surface area contributed by atoms with E-state index in [2.05, 4.69) is 10.6 Å². The summed E-state index contributed by atoms with van der Waals surface area (Å²) in [6.07, 6.45) is 0. The van der Waals surface area contributed by atoms with Crippen LogP contribution >= 0.6 is 11.8 Å². The molecule has 1 aliphatic rings. The molecule has 0 spiro atoms. The number of nitrogens with one attached hydrogen (secondary N) is 2. The normalized spacial score (nSPS) is 17.7. The zero-order valence-corrected chi connectivity index (χ0v) is 19.0. The fourth-order valence-electron chi connectivity index (χ4n) is 3.14. The number of nitrogens with zero attached hydrogens (tertiary/aromatic N) is 2. The number of methoxy groups -OCH3 is 1. The summed E-state index contributed by atoms with van der Waals surface area (Å²) in [5, 5.41) is 5.15. The van der Waals surface area contributed by atoms with Gasteiger partial charge >= 0.3 is 6.03 Å². The molecule has 1 unspecified atom stereocenters. The highest BCUT2D eigenvalue weighted by Gasteiger charge is 2.49. The maximum absolute atomic E-state index is 13.0. The van der Waals surface area contributed by atoms with E-state index in [-0.39, 0.29) is 5.24 Å². The molecule has 0 aromatic heterocycles. The van der Waals surface area contributed by atoms with Crippen molar-refractivity contribution in [1.29, 1.82) is 0 Å². The van der Waals surface area contributed by atoms with Gasteiger partial charge in [-0.05, 0) is 48.5 Å². The van der Waals surface area contributed by atoms with Gasteiger partial charge in [-0.3, -0.25) is 19.3 Å². The second kappa shape index (κ2) is 9.31. The summed E-state index contributed by atoms with van der Waals surface area (Å²) in [6.45, 7) is 1.13. The van der Waals surface area contributed by atoms with Gasteiger partial charge in [-0.25, -0.2) is 4.79 Å². The van der Waals surface area contributed by atoms with E-state index < -0.39 is 29.9 Å². The number of carbonyl (C=O) groups is 4. The van der Waals surface area contributed by atoms with Gasteiger partial charge in [0.1, 0.15) is 17.8 Å². The summed E-state index contributed by atoms with van der Waals surface area (Å²) in [5.41, 5.74) is -0.304. The van der Waals surface area contributed by atoms with Gasteiger partial charge in [-0.15, -0.1) is 0 Å². The number of hydrogen-bond acceptors (Lipinski definition) is 6. The average Bonchev–Trinajstić information content (AvgIpc) is 2.98. The lowest BCUT2D eigenvalue weighted by molar-refractivity contribution is -0.133. The van der Waals surface area contributed by atoms with Crippen LogP contribution in [-0.2, 0) is 15.1 Å². The van der Waals surface area contributed by atoms with Crippen molar-refractivity contribution in [2.75, 3.05) is 33.1 Å². The lowest BCUT2D eigenvalue weighted by atomic mass is 9.92. The Morgan fingerprint density at radius 2 is 1.78 bits per heavy atom. The second-order valence-electron chi connectivity index (χ2n) is 7.48. The van der Waals surface area contributed by atoms with Crippen LogP contribution in [0.4, 0.5) is 15.3 Å². The van der Waals surface area contributed by atoms with Gasteiger partial charge in [0, 0.05) is 19.0 Å². The van der Waals surface area contributed by atoms with Gasteiger partial charge < -0.3 is 20.3 Å².